The number of esters is 1. The van der Waals surface area contributed by atoms with Gasteiger partial charge in [0, 0.05) is 23.1 Å². The Balaban J connectivity index is 1.78. The lowest BCUT2D eigenvalue weighted by Crippen LogP contribution is -2.05. The molecular formula is C23H26N4O2. The van der Waals surface area contributed by atoms with Gasteiger partial charge in [-0.05, 0) is 55.7 Å². The highest BCUT2D eigenvalue weighted by Crippen LogP contribution is 2.26. The molecule has 0 bridgehead atoms. The van der Waals surface area contributed by atoms with Crippen LogP contribution in [0.15, 0.2) is 54.6 Å². The van der Waals surface area contributed by atoms with E-state index in [1.807, 2.05) is 43.3 Å². The van der Waals surface area contributed by atoms with Crippen molar-refractivity contribution < 1.29 is 9.53 Å². The second-order valence-corrected chi connectivity index (χ2v) is 7.01. The number of nitrogens with zero attached hydrogens (tertiary/aromatic N) is 2. The predicted octanol–water partition coefficient (Wildman–Crippen LogP) is 5.57. The van der Waals surface area contributed by atoms with Crippen LogP contribution in [0.1, 0.15) is 48.3 Å². The minimum atomic E-state index is -0.327. The third kappa shape index (κ3) is 5.31. The van der Waals surface area contributed by atoms with Crippen LogP contribution in [0.4, 0.5) is 23.1 Å². The number of carbonyl (C=O) groups is 1. The molecule has 150 valence electrons. The Labute approximate surface area is 171 Å². The van der Waals surface area contributed by atoms with Gasteiger partial charge < -0.3 is 15.4 Å². The van der Waals surface area contributed by atoms with Gasteiger partial charge >= 0.3 is 5.97 Å². The molecule has 0 atom stereocenters. The van der Waals surface area contributed by atoms with Crippen LogP contribution in [0, 0.1) is 6.92 Å². The molecule has 0 unspecified atom stereocenters. The van der Waals surface area contributed by atoms with E-state index < -0.39 is 0 Å². The standard InChI is InChI=1S/C23H26N4O2/c1-5-29-22(28)17-10-12-18(13-11-17)25-21-14-16(4)24-23(27-21)26-20-9-7-6-8-19(20)15(2)3/h6-15H,5H2,1-4H3,(H2,24,25,26,27). The van der Waals surface area contributed by atoms with Crippen LogP contribution >= 0.6 is 0 Å². The molecule has 0 fully saturated rings. The smallest absolute Gasteiger partial charge is 0.338 e. The first-order valence-corrected chi connectivity index (χ1v) is 9.72. The lowest BCUT2D eigenvalue weighted by molar-refractivity contribution is 0.0526. The lowest BCUT2D eigenvalue weighted by Gasteiger charge is -2.15. The van der Waals surface area contributed by atoms with Crippen molar-refractivity contribution in [2.45, 2.75) is 33.6 Å². The van der Waals surface area contributed by atoms with Gasteiger partial charge in [-0.1, -0.05) is 32.0 Å². The Bertz CT molecular complexity index is 984. The van der Waals surface area contributed by atoms with Gasteiger partial charge in [0.1, 0.15) is 5.82 Å². The Morgan fingerprint density at radius 3 is 2.45 bits per heavy atom. The molecule has 3 rings (SSSR count). The Morgan fingerprint density at radius 1 is 1.03 bits per heavy atom. The highest BCUT2D eigenvalue weighted by molar-refractivity contribution is 5.89. The molecule has 1 heterocycles. The second kappa shape index (κ2) is 9.19. The zero-order valence-corrected chi connectivity index (χ0v) is 17.2. The van der Waals surface area contributed by atoms with E-state index in [-0.39, 0.29) is 5.97 Å². The maximum atomic E-state index is 11.8. The number of benzene rings is 2. The largest absolute Gasteiger partial charge is 0.462 e. The van der Waals surface area contributed by atoms with Crippen molar-refractivity contribution in [1.82, 2.24) is 9.97 Å². The number of para-hydroxylation sites is 1. The molecular weight excluding hydrogens is 364 g/mol. The number of rotatable bonds is 7. The third-order valence-electron chi connectivity index (χ3n) is 4.35. The Kier molecular flexibility index (Phi) is 6.44. The van der Waals surface area contributed by atoms with E-state index in [4.69, 9.17) is 4.74 Å². The molecule has 1 aromatic heterocycles. The van der Waals surface area contributed by atoms with Crippen LogP contribution in [0.25, 0.3) is 0 Å². The van der Waals surface area contributed by atoms with Crippen molar-refractivity contribution in [3.8, 4) is 0 Å². The summed E-state index contributed by atoms with van der Waals surface area (Å²) in [6.07, 6.45) is 0. The summed E-state index contributed by atoms with van der Waals surface area (Å²) >= 11 is 0. The van der Waals surface area contributed by atoms with E-state index >= 15 is 0 Å². The fourth-order valence-corrected chi connectivity index (χ4v) is 2.98. The average Bonchev–Trinajstić information content (AvgIpc) is 2.68. The summed E-state index contributed by atoms with van der Waals surface area (Å²) in [7, 11) is 0. The zero-order valence-electron chi connectivity index (χ0n) is 17.2. The topological polar surface area (TPSA) is 76.1 Å². The number of ether oxygens (including phenoxy) is 1. The van der Waals surface area contributed by atoms with Gasteiger partial charge in [0.2, 0.25) is 5.95 Å². The predicted molar refractivity (Wildman–Crippen MR) is 116 cm³/mol. The van der Waals surface area contributed by atoms with Crippen LogP contribution in [-0.4, -0.2) is 22.5 Å². The lowest BCUT2D eigenvalue weighted by atomic mass is 10.0. The van der Waals surface area contributed by atoms with Crippen molar-refractivity contribution in [2.75, 3.05) is 17.2 Å². The van der Waals surface area contributed by atoms with Crippen molar-refractivity contribution in [2.24, 2.45) is 0 Å². The number of aryl methyl sites for hydroxylation is 1. The molecule has 0 saturated heterocycles. The number of hydrogen-bond donors (Lipinski definition) is 2. The van der Waals surface area contributed by atoms with E-state index in [0.717, 1.165) is 17.1 Å². The molecule has 0 spiro atoms. The van der Waals surface area contributed by atoms with Crippen molar-refractivity contribution in [3.05, 3.63) is 71.4 Å². The van der Waals surface area contributed by atoms with Gasteiger partial charge in [-0.15, -0.1) is 0 Å². The van der Waals surface area contributed by atoms with E-state index in [2.05, 4.69) is 40.5 Å². The first kappa shape index (κ1) is 20.3. The summed E-state index contributed by atoms with van der Waals surface area (Å²) in [6, 6.07) is 17.1. The highest BCUT2D eigenvalue weighted by Gasteiger charge is 2.10. The third-order valence-corrected chi connectivity index (χ3v) is 4.35. The van der Waals surface area contributed by atoms with Gasteiger partial charge in [-0.2, -0.15) is 4.98 Å². The molecule has 0 radical (unpaired) electrons. The second-order valence-electron chi connectivity index (χ2n) is 7.01. The number of aromatic nitrogens is 2. The van der Waals surface area contributed by atoms with E-state index in [0.29, 0.717) is 29.9 Å². The minimum absolute atomic E-state index is 0.327. The summed E-state index contributed by atoms with van der Waals surface area (Å²) in [4.78, 5) is 20.9. The quantitative estimate of drug-likeness (QED) is 0.514. The van der Waals surface area contributed by atoms with Crippen molar-refractivity contribution in [3.63, 3.8) is 0 Å². The maximum absolute atomic E-state index is 11.8. The number of carbonyl (C=O) groups excluding carboxylic acids is 1. The number of nitrogens with one attached hydrogen (secondary N) is 2. The maximum Gasteiger partial charge on any atom is 0.338 e. The normalized spacial score (nSPS) is 10.7. The van der Waals surface area contributed by atoms with E-state index in [1.165, 1.54) is 5.56 Å². The van der Waals surface area contributed by atoms with Gasteiger partial charge in [0.05, 0.1) is 12.2 Å². The first-order valence-electron chi connectivity index (χ1n) is 9.72. The summed E-state index contributed by atoms with van der Waals surface area (Å²) in [6.45, 7) is 8.39. The molecule has 2 N–H and O–H groups in total. The number of hydrogen-bond acceptors (Lipinski definition) is 6. The minimum Gasteiger partial charge on any atom is -0.462 e. The fourth-order valence-electron chi connectivity index (χ4n) is 2.98. The fraction of sp³-hybridized carbons (Fsp3) is 0.261. The number of anilines is 4. The molecule has 0 aliphatic carbocycles. The summed E-state index contributed by atoms with van der Waals surface area (Å²) < 4.78 is 5.01. The zero-order chi connectivity index (χ0) is 20.8. The summed E-state index contributed by atoms with van der Waals surface area (Å²) in [5.41, 5.74) is 4.39. The van der Waals surface area contributed by atoms with Crippen molar-refractivity contribution in [1.29, 1.82) is 0 Å². The average molecular weight is 390 g/mol. The summed E-state index contributed by atoms with van der Waals surface area (Å²) in [5, 5.41) is 6.60. The molecule has 0 aliphatic heterocycles. The van der Waals surface area contributed by atoms with Crippen LogP contribution in [0.3, 0.4) is 0 Å². The van der Waals surface area contributed by atoms with Crippen LogP contribution < -0.4 is 10.6 Å². The molecule has 6 heteroatoms. The van der Waals surface area contributed by atoms with E-state index in [9.17, 15) is 4.79 Å². The molecule has 6 nitrogen and oxygen atoms in total. The molecule has 0 aliphatic rings. The van der Waals surface area contributed by atoms with Crippen LogP contribution in [-0.2, 0) is 4.74 Å². The molecule has 2 aromatic carbocycles. The van der Waals surface area contributed by atoms with Crippen LogP contribution in [0.5, 0.6) is 0 Å². The summed E-state index contributed by atoms with van der Waals surface area (Å²) in [5.74, 6) is 1.26. The van der Waals surface area contributed by atoms with Crippen molar-refractivity contribution >= 4 is 29.1 Å². The Hall–Kier alpha value is -3.41. The van der Waals surface area contributed by atoms with Gasteiger partial charge in [-0.25, -0.2) is 9.78 Å². The Morgan fingerprint density at radius 2 is 1.76 bits per heavy atom. The van der Waals surface area contributed by atoms with E-state index in [1.54, 1.807) is 19.1 Å². The SMILES string of the molecule is CCOC(=O)c1ccc(Nc2cc(C)nc(Nc3ccccc3C(C)C)n2)cc1. The first-order chi connectivity index (χ1) is 14.0. The van der Waals surface area contributed by atoms with Crippen LogP contribution in [0.2, 0.25) is 0 Å². The van der Waals surface area contributed by atoms with Gasteiger partial charge in [0.15, 0.2) is 0 Å². The van der Waals surface area contributed by atoms with Gasteiger partial charge in [-0.3, -0.25) is 0 Å². The molecule has 29 heavy (non-hydrogen) atoms. The highest BCUT2D eigenvalue weighted by atomic mass is 16.5. The van der Waals surface area contributed by atoms with Gasteiger partial charge in [0.25, 0.3) is 0 Å². The molecule has 0 amide bonds. The molecule has 0 saturated carbocycles. The molecule has 3 aromatic rings. The monoisotopic (exact) mass is 390 g/mol.